The molecule has 1 saturated carbocycles. The van der Waals surface area contributed by atoms with Crippen LogP contribution in [-0.2, 0) is 11.8 Å². The van der Waals surface area contributed by atoms with Crippen LogP contribution in [0.1, 0.15) is 43.2 Å². The molecule has 1 aliphatic heterocycles. The molecule has 2 aromatic carbocycles. The molecule has 30 heavy (non-hydrogen) atoms. The second kappa shape index (κ2) is 7.42. The number of hydrogen-bond acceptors (Lipinski definition) is 3. The number of hydrogen-bond donors (Lipinski definition) is 0. The Morgan fingerprint density at radius 1 is 0.933 bits per heavy atom. The SMILES string of the molecule is CN1CC[C@]23CCCC[C@H]2[C@H]1Cc1ccc(Oc2ccc(O[Si](C)(C)C)cc2)cc13. The Kier molecular flexibility index (Phi) is 4.98. The second-order valence-corrected chi connectivity index (χ2v) is 15.0. The largest absolute Gasteiger partial charge is 0.544 e. The summed E-state index contributed by atoms with van der Waals surface area (Å²) < 4.78 is 12.4. The van der Waals surface area contributed by atoms with Crippen molar-refractivity contribution in [2.75, 3.05) is 13.6 Å². The average molecular weight is 422 g/mol. The van der Waals surface area contributed by atoms with Gasteiger partial charge in [0.25, 0.3) is 0 Å². The monoisotopic (exact) mass is 421 g/mol. The summed E-state index contributed by atoms with van der Waals surface area (Å²) in [4.78, 5) is 2.63. The van der Waals surface area contributed by atoms with Gasteiger partial charge >= 0.3 is 0 Å². The first-order valence-electron chi connectivity index (χ1n) is 11.6. The van der Waals surface area contributed by atoms with Gasteiger partial charge < -0.3 is 14.1 Å². The molecule has 4 heteroatoms. The minimum Gasteiger partial charge on any atom is -0.544 e. The minimum absolute atomic E-state index is 0.372. The van der Waals surface area contributed by atoms with E-state index in [1.54, 1.807) is 11.1 Å². The number of benzene rings is 2. The Balaban J connectivity index is 1.42. The number of likely N-dealkylation sites (tertiary alicyclic amines) is 1. The highest BCUT2D eigenvalue weighted by Crippen LogP contribution is 2.56. The molecule has 2 bridgehead atoms. The maximum atomic E-state index is 6.31. The van der Waals surface area contributed by atoms with E-state index in [0.717, 1.165) is 29.2 Å². The predicted molar refractivity (Wildman–Crippen MR) is 125 cm³/mol. The van der Waals surface area contributed by atoms with Gasteiger partial charge in [-0.2, -0.15) is 0 Å². The van der Waals surface area contributed by atoms with Crippen LogP contribution in [0.5, 0.6) is 17.2 Å². The summed E-state index contributed by atoms with van der Waals surface area (Å²) in [5.41, 5.74) is 3.51. The van der Waals surface area contributed by atoms with Crippen molar-refractivity contribution >= 4 is 8.32 Å². The van der Waals surface area contributed by atoms with Gasteiger partial charge in [-0.05, 0) is 112 Å². The lowest BCUT2D eigenvalue weighted by molar-refractivity contribution is 0.00276. The van der Waals surface area contributed by atoms with E-state index < -0.39 is 8.32 Å². The lowest BCUT2D eigenvalue weighted by atomic mass is 9.52. The zero-order valence-electron chi connectivity index (χ0n) is 18.9. The Labute approximate surface area is 182 Å². The van der Waals surface area contributed by atoms with Gasteiger partial charge in [0, 0.05) is 11.5 Å². The number of fused-ring (bicyclic) bond motifs is 1. The summed E-state index contributed by atoms with van der Waals surface area (Å²) in [5, 5.41) is 0. The van der Waals surface area contributed by atoms with E-state index in [2.05, 4.69) is 49.8 Å². The molecule has 0 unspecified atom stereocenters. The van der Waals surface area contributed by atoms with Crippen molar-refractivity contribution in [3.63, 3.8) is 0 Å². The van der Waals surface area contributed by atoms with E-state index in [4.69, 9.17) is 9.16 Å². The smallest absolute Gasteiger partial charge is 0.242 e. The van der Waals surface area contributed by atoms with Gasteiger partial charge in [0.2, 0.25) is 8.32 Å². The fraction of sp³-hybridized carbons (Fsp3) is 0.538. The Hall–Kier alpha value is -1.78. The molecule has 1 heterocycles. The first-order chi connectivity index (χ1) is 14.3. The molecule has 2 aromatic rings. The molecule has 5 rings (SSSR count). The van der Waals surface area contributed by atoms with Crippen molar-refractivity contribution in [3.05, 3.63) is 53.6 Å². The molecular formula is C26H35NO2Si. The number of ether oxygens (including phenoxy) is 1. The van der Waals surface area contributed by atoms with Crippen LogP contribution in [0, 0.1) is 5.92 Å². The highest BCUT2D eigenvalue weighted by atomic mass is 28.4. The highest BCUT2D eigenvalue weighted by Gasteiger charge is 2.53. The minimum atomic E-state index is -1.58. The molecular weight excluding hydrogens is 386 g/mol. The third-order valence-electron chi connectivity index (χ3n) is 7.57. The van der Waals surface area contributed by atoms with Gasteiger partial charge in [0.1, 0.15) is 17.2 Å². The van der Waals surface area contributed by atoms with Crippen molar-refractivity contribution in [1.82, 2.24) is 4.90 Å². The third kappa shape index (κ3) is 3.58. The molecule has 0 aromatic heterocycles. The van der Waals surface area contributed by atoms with E-state index in [-0.39, 0.29) is 0 Å². The van der Waals surface area contributed by atoms with E-state index in [1.165, 1.54) is 45.1 Å². The zero-order chi connectivity index (χ0) is 20.9. The molecule has 3 aliphatic rings. The molecule has 3 nitrogen and oxygen atoms in total. The Bertz CT molecular complexity index is 920. The van der Waals surface area contributed by atoms with Gasteiger partial charge in [-0.15, -0.1) is 0 Å². The van der Waals surface area contributed by atoms with Crippen LogP contribution in [0.4, 0.5) is 0 Å². The van der Waals surface area contributed by atoms with Crippen molar-refractivity contribution in [2.24, 2.45) is 5.92 Å². The maximum absolute atomic E-state index is 6.31. The van der Waals surface area contributed by atoms with Gasteiger partial charge in [-0.25, -0.2) is 0 Å². The highest BCUT2D eigenvalue weighted by molar-refractivity contribution is 6.70. The van der Waals surface area contributed by atoms with E-state index in [0.29, 0.717) is 5.41 Å². The van der Waals surface area contributed by atoms with Crippen LogP contribution < -0.4 is 9.16 Å². The molecule has 0 spiro atoms. The zero-order valence-corrected chi connectivity index (χ0v) is 19.9. The molecule has 0 amide bonds. The lowest BCUT2D eigenvalue weighted by Gasteiger charge is -2.58. The van der Waals surface area contributed by atoms with Gasteiger partial charge in [-0.1, -0.05) is 18.9 Å². The van der Waals surface area contributed by atoms with E-state index >= 15 is 0 Å². The predicted octanol–water partition coefficient (Wildman–Crippen LogP) is 6.38. The standard InChI is InChI=1S/C26H35NO2Si/c1-27-16-15-26-14-6-5-7-23(26)25(27)17-19-8-9-22(18-24(19)26)28-20-10-12-21(13-11-20)29-30(2,3)4/h8-13,18,23,25H,5-7,14-17H2,1-4H3/t23-,25+,26+/m0/s1. The van der Waals surface area contributed by atoms with Crippen LogP contribution in [0.15, 0.2) is 42.5 Å². The van der Waals surface area contributed by atoms with Gasteiger partial charge in [0.15, 0.2) is 0 Å². The molecule has 2 aliphatic carbocycles. The molecule has 0 N–H and O–H groups in total. The van der Waals surface area contributed by atoms with Crippen molar-refractivity contribution in [3.8, 4) is 17.2 Å². The Morgan fingerprint density at radius 3 is 2.43 bits per heavy atom. The van der Waals surface area contributed by atoms with Gasteiger partial charge in [0.05, 0.1) is 0 Å². The first kappa shape index (κ1) is 20.1. The fourth-order valence-corrected chi connectivity index (χ4v) is 7.15. The maximum Gasteiger partial charge on any atom is 0.242 e. The van der Waals surface area contributed by atoms with Gasteiger partial charge in [-0.3, -0.25) is 0 Å². The molecule has 2 fully saturated rings. The van der Waals surface area contributed by atoms with Crippen molar-refractivity contribution in [1.29, 1.82) is 0 Å². The van der Waals surface area contributed by atoms with E-state index in [9.17, 15) is 0 Å². The topological polar surface area (TPSA) is 21.7 Å². The summed E-state index contributed by atoms with van der Waals surface area (Å²) in [6.45, 7) is 7.84. The van der Waals surface area contributed by atoms with Crippen LogP contribution >= 0.6 is 0 Å². The van der Waals surface area contributed by atoms with Crippen LogP contribution in [0.25, 0.3) is 0 Å². The summed E-state index contributed by atoms with van der Waals surface area (Å²) in [6.07, 6.45) is 7.99. The number of nitrogens with zero attached hydrogens (tertiary/aromatic N) is 1. The first-order valence-corrected chi connectivity index (χ1v) is 15.1. The van der Waals surface area contributed by atoms with Crippen molar-refractivity contribution in [2.45, 2.75) is 69.6 Å². The van der Waals surface area contributed by atoms with Crippen LogP contribution in [0.3, 0.4) is 0 Å². The van der Waals surface area contributed by atoms with E-state index in [1.807, 2.05) is 24.3 Å². The summed E-state index contributed by atoms with van der Waals surface area (Å²) in [7, 11) is 0.750. The van der Waals surface area contributed by atoms with Crippen molar-refractivity contribution < 1.29 is 9.16 Å². The molecule has 1 saturated heterocycles. The van der Waals surface area contributed by atoms with Crippen LogP contribution in [0.2, 0.25) is 19.6 Å². The quantitative estimate of drug-likeness (QED) is 0.535. The third-order valence-corrected chi connectivity index (χ3v) is 8.42. The summed E-state index contributed by atoms with van der Waals surface area (Å²) in [5.74, 6) is 3.61. The Morgan fingerprint density at radius 2 is 1.67 bits per heavy atom. The average Bonchev–Trinajstić information content (AvgIpc) is 2.71. The number of rotatable bonds is 4. The molecule has 0 radical (unpaired) electrons. The number of piperidine rings is 1. The summed E-state index contributed by atoms with van der Waals surface area (Å²) >= 11 is 0. The second-order valence-electron chi connectivity index (χ2n) is 10.6. The number of likely N-dealkylation sites (N-methyl/N-ethyl adjacent to an activating group) is 1. The lowest BCUT2D eigenvalue weighted by Crippen LogP contribution is -2.59. The van der Waals surface area contributed by atoms with Crippen LogP contribution in [-0.4, -0.2) is 32.9 Å². The molecule has 160 valence electrons. The summed E-state index contributed by atoms with van der Waals surface area (Å²) in [6, 6.07) is 15.7. The normalized spacial score (nSPS) is 28.4. The molecule has 3 atom stereocenters. The fourth-order valence-electron chi connectivity index (χ4n) is 6.30.